The van der Waals surface area contributed by atoms with Gasteiger partial charge in [0.25, 0.3) is 0 Å². The van der Waals surface area contributed by atoms with Crippen LogP contribution in [0.2, 0.25) is 0 Å². The molecule has 10 nitrogen and oxygen atoms in total. The van der Waals surface area contributed by atoms with E-state index in [1.807, 2.05) is 30.1 Å². The maximum Gasteiger partial charge on any atom is 0.323 e. The van der Waals surface area contributed by atoms with Crippen molar-refractivity contribution in [3.05, 3.63) is 78.1 Å². The molecule has 0 unspecified atom stereocenters. The number of carbonyl (C=O) groups is 2. The molecular formula is C29H28N6O4. The predicted octanol–water partition coefficient (Wildman–Crippen LogP) is 4.84. The van der Waals surface area contributed by atoms with Gasteiger partial charge in [-0.1, -0.05) is 0 Å². The van der Waals surface area contributed by atoms with Crippen LogP contribution in [0.5, 0.6) is 5.75 Å². The summed E-state index contributed by atoms with van der Waals surface area (Å²) < 4.78 is 13.9. The van der Waals surface area contributed by atoms with Crippen LogP contribution in [-0.4, -0.2) is 51.6 Å². The van der Waals surface area contributed by atoms with E-state index in [4.69, 9.17) is 9.47 Å². The highest BCUT2D eigenvalue weighted by Crippen LogP contribution is 2.37. The lowest BCUT2D eigenvalue weighted by molar-refractivity contribution is -0.00513. The second-order valence-electron chi connectivity index (χ2n) is 9.86. The van der Waals surface area contributed by atoms with Gasteiger partial charge in [-0.2, -0.15) is 0 Å². The summed E-state index contributed by atoms with van der Waals surface area (Å²) in [7, 11) is 1.94. The molecule has 2 aliphatic heterocycles. The van der Waals surface area contributed by atoms with E-state index < -0.39 is 6.03 Å². The summed E-state index contributed by atoms with van der Waals surface area (Å²) >= 11 is 0. The average molecular weight is 525 g/mol. The molecule has 0 spiro atoms. The van der Waals surface area contributed by atoms with Gasteiger partial charge in [0.05, 0.1) is 35.3 Å². The zero-order valence-electron chi connectivity index (χ0n) is 21.8. The van der Waals surface area contributed by atoms with Crippen molar-refractivity contribution in [3.63, 3.8) is 0 Å². The number of nitrogens with one attached hydrogen (secondary N) is 2. The van der Waals surface area contributed by atoms with Gasteiger partial charge in [0.15, 0.2) is 5.76 Å². The number of morpholine rings is 1. The van der Waals surface area contributed by atoms with E-state index in [1.165, 1.54) is 0 Å². The number of allylic oxidation sites excluding steroid dienone is 1. The molecule has 10 heteroatoms. The number of aryl methyl sites for hydroxylation is 1. The van der Waals surface area contributed by atoms with Gasteiger partial charge in [-0.25, -0.2) is 9.78 Å². The lowest BCUT2D eigenvalue weighted by Gasteiger charge is -2.37. The second kappa shape index (κ2) is 9.88. The lowest BCUT2D eigenvalue weighted by Crippen LogP contribution is -2.45. The van der Waals surface area contributed by atoms with Gasteiger partial charge in [0.1, 0.15) is 11.4 Å². The molecule has 2 atom stereocenters. The Hall–Kier alpha value is -4.70. The highest BCUT2D eigenvalue weighted by molar-refractivity contribution is 6.16. The number of hydrogen-bond donors (Lipinski definition) is 2. The van der Waals surface area contributed by atoms with Crippen molar-refractivity contribution in [1.82, 2.24) is 14.5 Å². The van der Waals surface area contributed by atoms with Crippen LogP contribution < -0.4 is 20.3 Å². The molecule has 0 aliphatic carbocycles. The topological polar surface area (TPSA) is 111 Å². The Morgan fingerprint density at radius 2 is 1.87 bits per heavy atom. The van der Waals surface area contributed by atoms with E-state index in [0.29, 0.717) is 22.7 Å². The molecule has 4 aromatic rings. The van der Waals surface area contributed by atoms with Crippen molar-refractivity contribution in [1.29, 1.82) is 0 Å². The molecule has 0 radical (unpaired) electrons. The van der Waals surface area contributed by atoms with Crippen LogP contribution in [0.3, 0.4) is 0 Å². The maximum absolute atomic E-state index is 13.4. The van der Waals surface area contributed by atoms with Crippen molar-refractivity contribution in [2.75, 3.05) is 28.6 Å². The molecule has 0 saturated carbocycles. The number of aromatic nitrogens is 3. The monoisotopic (exact) mass is 524 g/mol. The Morgan fingerprint density at radius 3 is 2.64 bits per heavy atom. The van der Waals surface area contributed by atoms with Crippen LogP contribution in [0, 0.1) is 0 Å². The first-order valence-electron chi connectivity index (χ1n) is 12.8. The number of amides is 2. The molecular weight excluding hydrogens is 496 g/mol. The third kappa shape index (κ3) is 4.82. The number of hydrogen-bond acceptors (Lipinski definition) is 7. The molecule has 1 fully saturated rings. The summed E-state index contributed by atoms with van der Waals surface area (Å²) in [5.74, 6) is 0.407. The first-order valence-corrected chi connectivity index (χ1v) is 12.8. The molecule has 1 saturated heterocycles. The van der Waals surface area contributed by atoms with Crippen molar-refractivity contribution >= 4 is 46.0 Å². The fourth-order valence-electron chi connectivity index (χ4n) is 5.21. The van der Waals surface area contributed by atoms with E-state index in [1.54, 1.807) is 48.8 Å². The van der Waals surface area contributed by atoms with Gasteiger partial charge < -0.3 is 29.6 Å². The van der Waals surface area contributed by atoms with Crippen LogP contribution in [0.1, 0.15) is 29.8 Å². The largest absolute Gasteiger partial charge is 0.452 e. The van der Waals surface area contributed by atoms with E-state index in [2.05, 4.69) is 39.3 Å². The fourth-order valence-corrected chi connectivity index (χ4v) is 5.21. The van der Waals surface area contributed by atoms with E-state index >= 15 is 0 Å². The molecule has 0 bridgehead atoms. The summed E-state index contributed by atoms with van der Waals surface area (Å²) in [5.41, 5.74) is 4.12. The Kier molecular flexibility index (Phi) is 6.24. The van der Waals surface area contributed by atoms with Gasteiger partial charge in [0.2, 0.25) is 5.78 Å². The summed E-state index contributed by atoms with van der Waals surface area (Å²) in [6, 6.07) is 10.0. The summed E-state index contributed by atoms with van der Waals surface area (Å²) in [4.78, 5) is 36.7. The van der Waals surface area contributed by atoms with E-state index in [-0.39, 0.29) is 23.8 Å². The number of rotatable bonds is 4. The number of urea groups is 1. The zero-order valence-corrected chi connectivity index (χ0v) is 21.8. The number of carbonyl (C=O) groups excluding carboxylic acids is 2. The summed E-state index contributed by atoms with van der Waals surface area (Å²) in [6.07, 6.45) is 8.91. The second-order valence-corrected chi connectivity index (χ2v) is 9.86. The van der Waals surface area contributed by atoms with Crippen LogP contribution >= 0.6 is 0 Å². The van der Waals surface area contributed by atoms with E-state index in [9.17, 15) is 9.59 Å². The average Bonchev–Trinajstić information content (AvgIpc) is 3.40. The third-order valence-electron chi connectivity index (χ3n) is 6.76. The predicted molar refractivity (Wildman–Crippen MR) is 149 cm³/mol. The molecule has 5 heterocycles. The molecule has 2 N–H and O–H groups in total. The Balaban J connectivity index is 1.28. The molecule has 198 valence electrons. The zero-order chi connectivity index (χ0) is 27.1. The molecule has 1 aromatic carbocycles. The van der Waals surface area contributed by atoms with Crippen LogP contribution in [0.4, 0.5) is 21.9 Å². The number of Topliss-reactive ketones (excluding diaryl/α,β-unsaturated/α-hetero) is 1. The summed E-state index contributed by atoms with van der Waals surface area (Å²) in [5, 5.41) is 6.41. The number of anilines is 3. The van der Waals surface area contributed by atoms with Gasteiger partial charge in [-0.3, -0.25) is 9.78 Å². The highest BCUT2D eigenvalue weighted by atomic mass is 16.5. The quantitative estimate of drug-likeness (QED) is 0.368. The first kappa shape index (κ1) is 24.6. The minimum atomic E-state index is -0.437. The molecule has 2 amide bonds. The highest BCUT2D eigenvalue weighted by Gasteiger charge is 2.29. The normalized spacial score (nSPS) is 19.7. The van der Waals surface area contributed by atoms with Crippen LogP contribution in [0.25, 0.3) is 17.1 Å². The SMILES string of the molecule is C[C@@H]1CN(c2ccnc3c2c(C=C2Oc4ccc(NC(=O)Nc5cccnc5)cc4C2=O)cn3C)C[C@H](C)O1. The number of ketones is 1. The number of pyridine rings is 2. The van der Waals surface area contributed by atoms with Crippen molar-refractivity contribution < 1.29 is 19.1 Å². The van der Waals surface area contributed by atoms with Crippen molar-refractivity contribution in [3.8, 4) is 5.75 Å². The third-order valence-corrected chi connectivity index (χ3v) is 6.76. The Morgan fingerprint density at radius 1 is 1.08 bits per heavy atom. The Bertz CT molecular complexity index is 1600. The van der Waals surface area contributed by atoms with Crippen LogP contribution in [-0.2, 0) is 11.8 Å². The summed E-state index contributed by atoms with van der Waals surface area (Å²) in [6.45, 7) is 5.67. The number of fused-ring (bicyclic) bond motifs is 2. The van der Waals surface area contributed by atoms with Gasteiger partial charge in [0, 0.05) is 55.4 Å². The molecule has 39 heavy (non-hydrogen) atoms. The lowest BCUT2D eigenvalue weighted by atomic mass is 10.1. The number of ether oxygens (including phenoxy) is 2. The van der Waals surface area contributed by atoms with Crippen molar-refractivity contribution in [2.45, 2.75) is 26.1 Å². The number of benzene rings is 1. The minimum absolute atomic E-state index is 0.103. The molecule has 3 aromatic heterocycles. The van der Waals surface area contributed by atoms with Crippen LogP contribution in [0.15, 0.2) is 66.9 Å². The number of nitrogens with zero attached hydrogens (tertiary/aromatic N) is 4. The van der Waals surface area contributed by atoms with E-state index in [0.717, 1.165) is 35.4 Å². The maximum atomic E-state index is 13.4. The van der Waals surface area contributed by atoms with Gasteiger partial charge >= 0.3 is 6.03 Å². The first-order chi connectivity index (χ1) is 18.9. The molecule has 2 aliphatic rings. The van der Waals surface area contributed by atoms with Gasteiger partial charge in [-0.15, -0.1) is 0 Å². The minimum Gasteiger partial charge on any atom is -0.452 e. The Labute approximate surface area is 225 Å². The molecule has 6 rings (SSSR count). The standard InChI is InChI=1S/C29H28N6O4/c1-17-14-35(15-18(2)38-17)23-8-10-31-28-26(23)19(16-34(28)3)11-25-27(36)22-12-20(6-7-24(22)39-25)32-29(37)33-21-5-4-9-30-13-21/h4-13,16-18H,14-15H2,1-3H3,(H2,32,33,37)/t17-,18+. The van der Waals surface area contributed by atoms with Gasteiger partial charge in [-0.05, 0) is 56.3 Å². The fraction of sp³-hybridized carbons (Fsp3) is 0.241. The smallest absolute Gasteiger partial charge is 0.323 e. The van der Waals surface area contributed by atoms with Crippen molar-refractivity contribution in [2.24, 2.45) is 7.05 Å².